The number of carbonyl (C=O) groups is 2. The molecule has 0 amide bonds. The topological polar surface area (TPSA) is 102 Å². The van der Waals surface area contributed by atoms with Gasteiger partial charge in [0.15, 0.2) is 0 Å². The lowest BCUT2D eigenvalue weighted by Gasteiger charge is -2.41. The van der Waals surface area contributed by atoms with Crippen molar-refractivity contribution in [2.24, 2.45) is 35.5 Å². The van der Waals surface area contributed by atoms with Crippen LogP contribution in [0, 0.1) is 35.5 Å². The molecule has 3 saturated carbocycles. The largest absolute Gasteiger partial charge is 0.493 e. The highest BCUT2D eigenvalue weighted by Crippen LogP contribution is 2.48. The summed E-state index contributed by atoms with van der Waals surface area (Å²) in [6.45, 7) is 14.1. The zero-order valence-electron chi connectivity index (χ0n) is 35.6. The van der Waals surface area contributed by atoms with Gasteiger partial charge in [-0.2, -0.15) is 0 Å². The minimum absolute atomic E-state index is 0.0445. The number of rotatable bonds is 24. The summed E-state index contributed by atoms with van der Waals surface area (Å²) in [5.41, 5.74) is 4.41. The Balaban J connectivity index is 1.40. The Kier molecular flexibility index (Phi) is 20.5. The number of esters is 2. The second-order valence-corrected chi connectivity index (χ2v) is 18.0. The summed E-state index contributed by atoms with van der Waals surface area (Å²) in [6.07, 6.45) is 26.5. The first-order chi connectivity index (χ1) is 27.1. The van der Waals surface area contributed by atoms with Crippen LogP contribution in [0.4, 0.5) is 0 Å². The molecule has 3 fully saturated rings. The standard InChI is InChI=1S/C49H78O7/c1-6-7-8-12-37-16-18-39(19-17-37)40-20-22-41(23-21-40)42-24-26-43(27-25-42)46-31-44(14-10-29-55-48(52)35(2)3)47(54-28-9-13-38(33-50)34-51)45(32-46)15-11-30-56-49(53)36(4)5/h31-32,37-43,50-51H,2,4,6-30,33-34H2,1,3,5H3. The first kappa shape index (κ1) is 46.1. The Morgan fingerprint density at radius 1 is 0.661 bits per heavy atom. The van der Waals surface area contributed by atoms with E-state index >= 15 is 0 Å². The van der Waals surface area contributed by atoms with Crippen molar-refractivity contribution in [2.75, 3.05) is 33.0 Å². The molecule has 0 bridgehead atoms. The van der Waals surface area contributed by atoms with E-state index in [-0.39, 0.29) is 31.1 Å². The number of aliphatic hydroxyl groups is 2. The fourth-order valence-electron chi connectivity index (χ4n) is 10.1. The first-order valence-electron chi connectivity index (χ1n) is 22.8. The van der Waals surface area contributed by atoms with Crippen molar-refractivity contribution < 1.29 is 34.0 Å². The summed E-state index contributed by atoms with van der Waals surface area (Å²) in [7, 11) is 0. The number of hydrogen-bond acceptors (Lipinski definition) is 7. The summed E-state index contributed by atoms with van der Waals surface area (Å²) in [5.74, 6) is 5.17. The molecule has 0 aromatic heterocycles. The molecule has 0 saturated heterocycles. The molecular weight excluding hydrogens is 701 g/mol. The van der Waals surface area contributed by atoms with Gasteiger partial charge in [0, 0.05) is 30.3 Å². The third-order valence-electron chi connectivity index (χ3n) is 13.6. The molecule has 316 valence electrons. The van der Waals surface area contributed by atoms with Gasteiger partial charge in [-0.15, -0.1) is 0 Å². The molecule has 0 spiro atoms. The molecule has 0 unspecified atom stereocenters. The summed E-state index contributed by atoms with van der Waals surface area (Å²) < 4.78 is 17.5. The number of aliphatic hydroxyl groups excluding tert-OH is 2. The summed E-state index contributed by atoms with van der Waals surface area (Å²) in [4.78, 5) is 24.2. The number of aryl methyl sites for hydroxylation is 2. The van der Waals surface area contributed by atoms with E-state index in [1.165, 1.54) is 108 Å². The Morgan fingerprint density at radius 2 is 1.12 bits per heavy atom. The van der Waals surface area contributed by atoms with Crippen LogP contribution in [0.1, 0.15) is 172 Å². The van der Waals surface area contributed by atoms with Crippen molar-refractivity contribution in [1.82, 2.24) is 0 Å². The van der Waals surface area contributed by atoms with E-state index in [1.54, 1.807) is 13.8 Å². The SMILES string of the molecule is C=C(C)C(=O)OCCCc1cc(C2CCC(C3CCC(C4CCC(CCCCC)CC4)CC3)CC2)cc(CCCOC(=O)C(=C)C)c1OCCCC(CO)CO. The number of ether oxygens (including phenoxy) is 3. The molecule has 0 radical (unpaired) electrons. The van der Waals surface area contributed by atoms with Gasteiger partial charge in [0.1, 0.15) is 5.75 Å². The van der Waals surface area contributed by atoms with Crippen LogP contribution in [-0.2, 0) is 31.9 Å². The molecule has 4 rings (SSSR count). The Bertz CT molecular complexity index is 1280. The lowest BCUT2D eigenvalue weighted by molar-refractivity contribution is -0.139. The second-order valence-electron chi connectivity index (χ2n) is 18.0. The van der Waals surface area contributed by atoms with Crippen LogP contribution >= 0.6 is 0 Å². The fourth-order valence-corrected chi connectivity index (χ4v) is 10.1. The lowest BCUT2D eigenvalue weighted by Crippen LogP contribution is -2.29. The van der Waals surface area contributed by atoms with Crippen molar-refractivity contribution in [1.29, 1.82) is 0 Å². The molecule has 0 heterocycles. The molecule has 3 aliphatic rings. The molecule has 0 aliphatic heterocycles. The monoisotopic (exact) mass is 779 g/mol. The fraction of sp³-hybridized carbons (Fsp3) is 0.755. The maximum absolute atomic E-state index is 12.1. The normalized spacial score (nSPS) is 24.1. The molecule has 7 heteroatoms. The summed E-state index contributed by atoms with van der Waals surface area (Å²) in [6, 6.07) is 4.69. The smallest absolute Gasteiger partial charge is 0.333 e. The predicted octanol–water partition coefficient (Wildman–Crippen LogP) is 11.0. The number of unbranched alkanes of at least 4 members (excludes halogenated alkanes) is 2. The summed E-state index contributed by atoms with van der Waals surface area (Å²) in [5, 5.41) is 19.1. The molecule has 7 nitrogen and oxygen atoms in total. The average Bonchev–Trinajstić information content (AvgIpc) is 3.21. The molecule has 1 aromatic carbocycles. The predicted molar refractivity (Wildman–Crippen MR) is 227 cm³/mol. The molecule has 56 heavy (non-hydrogen) atoms. The third-order valence-corrected chi connectivity index (χ3v) is 13.6. The van der Waals surface area contributed by atoms with E-state index in [0.717, 1.165) is 46.5 Å². The van der Waals surface area contributed by atoms with Crippen LogP contribution in [0.3, 0.4) is 0 Å². The minimum Gasteiger partial charge on any atom is -0.493 e. The van der Waals surface area contributed by atoms with Crippen LogP contribution in [-0.4, -0.2) is 55.2 Å². The molecular formula is C49H78O7. The van der Waals surface area contributed by atoms with Gasteiger partial charge in [-0.3, -0.25) is 0 Å². The average molecular weight is 779 g/mol. The number of carbonyl (C=O) groups excluding carboxylic acids is 2. The van der Waals surface area contributed by atoms with Crippen molar-refractivity contribution >= 4 is 11.9 Å². The van der Waals surface area contributed by atoms with Gasteiger partial charge in [0.05, 0.1) is 19.8 Å². The van der Waals surface area contributed by atoms with Gasteiger partial charge in [-0.1, -0.05) is 70.7 Å². The van der Waals surface area contributed by atoms with E-state index in [9.17, 15) is 19.8 Å². The minimum atomic E-state index is -0.368. The number of hydrogen-bond donors (Lipinski definition) is 2. The maximum atomic E-state index is 12.1. The van der Waals surface area contributed by atoms with E-state index in [0.29, 0.717) is 75.4 Å². The second kappa shape index (κ2) is 25.0. The van der Waals surface area contributed by atoms with E-state index in [4.69, 9.17) is 14.2 Å². The Morgan fingerprint density at radius 3 is 1.57 bits per heavy atom. The molecule has 1 aromatic rings. The van der Waals surface area contributed by atoms with Gasteiger partial charge in [-0.25, -0.2) is 9.59 Å². The van der Waals surface area contributed by atoms with Crippen molar-refractivity contribution in [3.05, 3.63) is 53.1 Å². The van der Waals surface area contributed by atoms with Crippen LogP contribution < -0.4 is 4.74 Å². The van der Waals surface area contributed by atoms with E-state index in [2.05, 4.69) is 32.2 Å². The zero-order valence-corrected chi connectivity index (χ0v) is 35.6. The van der Waals surface area contributed by atoms with Crippen LogP contribution in [0.25, 0.3) is 0 Å². The third kappa shape index (κ3) is 14.9. The molecule has 3 aliphatic carbocycles. The number of benzene rings is 1. The zero-order chi connectivity index (χ0) is 40.3. The highest BCUT2D eigenvalue weighted by atomic mass is 16.5. The van der Waals surface area contributed by atoms with E-state index < -0.39 is 0 Å². The van der Waals surface area contributed by atoms with Gasteiger partial charge >= 0.3 is 11.9 Å². The highest BCUT2D eigenvalue weighted by Gasteiger charge is 2.35. The van der Waals surface area contributed by atoms with Crippen molar-refractivity contribution in [3.8, 4) is 5.75 Å². The van der Waals surface area contributed by atoms with Crippen molar-refractivity contribution in [2.45, 2.75) is 168 Å². The first-order valence-corrected chi connectivity index (χ1v) is 22.8. The van der Waals surface area contributed by atoms with E-state index in [1.807, 2.05) is 0 Å². The van der Waals surface area contributed by atoms with Crippen molar-refractivity contribution in [3.63, 3.8) is 0 Å². The lowest BCUT2D eigenvalue weighted by atomic mass is 9.64. The van der Waals surface area contributed by atoms with Gasteiger partial charge in [-0.05, 0) is 169 Å². The molecule has 2 N–H and O–H groups in total. The van der Waals surface area contributed by atoms with Crippen LogP contribution in [0.15, 0.2) is 36.4 Å². The quantitative estimate of drug-likeness (QED) is 0.0612. The Labute approximate surface area is 340 Å². The molecule has 0 atom stereocenters. The summed E-state index contributed by atoms with van der Waals surface area (Å²) >= 11 is 0. The van der Waals surface area contributed by atoms with Crippen LogP contribution in [0.5, 0.6) is 5.75 Å². The maximum Gasteiger partial charge on any atom is 0.333 e. The van der Waals surface area contributed by atoms with Gasteiger partial charge < -0.3 is 24.4 Å². The van der Waals surface area contributed by atoms with Gasteiger partial charge in [0.2, 0.25) is 0 Å². The van der Waals surface area contributed by atoms with Gasteiger partial charge in [0.25, 0.3) is 0 Å². The van der Waals surface area contributed by atoms with Crippen LogP contribution in [0.2, 0.25) is 0 Å². The highest BCUT2D eigenvalue weighted by molar-refractivity contribution is 5.87. The Hall–Kier alpha value is -2.64.